The third-order valence-corrected chi connectivity index (χ3v) is 5.57. The highest BCUT2D eigenvalue weighted by Gasteiger charge is 2.36. The molecule has 2 heterocycles. The van der Waals surface area contributed by atoms with Crippen molar-refractivity contribution in [1.82, 2.24) is 9.80 Å². The smallest absolute Gasteiger partial charge is 0.226 e. The van der Waals surface area contributed by atoms with E-state index in [4.69, 9.17) is 0 Å². The molecule has 5 nitrogen and oxygen atoms in total. The molecule has 0 N–H and O–H groups in total. The van der Waals surface area contributed by atoms with Crippen LogP contribution in [0, 0.1) is 5.92 Å². The summed E-state index contributed by atoms with van der Waals surface area (Å²) in [5.41, 5.74) is 0. The molecule has 1 atom stereocenters. The fourth-order valence-electron chi connectivity index (χ4n) is 2.76. The molecule has 2 saturated heterocycles. The quantitative estimate of drug-likeness (QED) is 0.725. The Bertz CT molecular complexity index is 400. The first-order valence-corrected chi connectivity index (χ1v) is 8.55. The molecule has 2 rings (SSSR count). The number of piperazine rings is 1. The largest absolute Gasteiger partial charge is 0.340 e. The monoisotopic (exact) mass is 274 g/mol. The molecule has 0 spiro atoms. The van der Waals surface area contributed by atoms with E-state index in [1.54, 1.807) is 0 Å². The highest BCUT2D eigenvalue weighted by atomic mass is 32.2. The number of amides is 1. The molecule has 0 saturated carbocycles. The summed E-state index contributed by atoms with van der Waals surface area (Å²) in [6.45, 7) is 6.56. The molecule has 0 aromatic heterocycles. The number of rotatable bonds is 3. The lowest BCUT2D eigenvalue weighted by atomic mass is 10.1. The van der Waals surface area contributed by atoms with Crippen LogP contribution in [0.3, 0.4) is 0 Å². The molecule has 2 aliphatic heterocycles. The minimum absolute atomic E-state index is 0.0484. The van der Waals surface area contributed by atoms with E-state index in [0.29, 0.717) is 6.42 Å². The van der Waals surface area contributed by atoms with Crippen molar-refractivity contribution in [3.63, 3.8) is 0 Å². The van der Waals surface area contributed by atoms with Gasteiger partial charge in [0.2, 0.25) is 5.91 Å². The van der Waals surface area contributed by atoms with E-state index in [1.807, 2.05) is 4.90 Å². The standard InChI is InChI=1S/C12H22N2O3S/c1-2-4-13-5-7-14(8-6-13)12(15)11-3-9-18(16,17)10-11/h11H,2-10H2,1H3. The molecule has 0 bridgehead atoms. The van der Waals surface area contributed by atoms with Crippen LogP contribution in [0.2, 0.25) is 0 Å². The Morgan fingerprint density at radius 3 is 2.39 bits per heavy atom. The average Bonchev–Trinajstić information content (AvgIpc) is 2.70. The topological polar surface area (TPSA) is 57.7 Å². The molecule has 0 aromatic carbocycles. The highest BCUT2D eigenvalue weighted by Crippen LogP contribution is 2.21. The molecular formula is C12H22N2O3S. The fourth-order valence-corrected chi connectivity index (χ4v) is 4.49. The number of nitrogens with zero attached hydrogens (tertiary/aromatic N) is 2. The van der Waals surface area contributed by atoms with Crippen molar-refractivity contribution in [3.8, 4) is 0 Å². The molecule has 0 aromatic rings. The van der Waals surface area contributed by atoms with Gasteiger partial charge in [0.25, 0.3) is 0 Å². The summed E-state index contributed by atoms with van der Waals surface area (Å²) >= 11 is 0. The minimum Gasteiger partial charge on any atom is -0.340 e. The number of carbonyl (C=O) groups is 1. The Balaban J connectivity index is 1.85. The van der Waals surface area contributed by atoms with Crippen molar-refractivity contribution in [2.75, 3.05) is 44.2 Å². The van der Waals surface area contributed by atoms with Gasteiger partial charge in [0.1, 0.15) is 0 Å². The maximum atomic E-state index is 12.2. The van der Waals surface area contributed by atoms with E-state index in [-0.39, 0.29) is 23.3 Å². The Hall–Kier alpha value is -0.620. The number of carbonyl (C=O) groups excluding carboxylic acids is 1. The lowest BCUT2D eigenvalue weighted by Crippen LogP contribution is -2.50. The van der Waals surface area contributed by atoms with Crippen LogP contribution >= 0.6 is 0 Å². The zero-order valence-electron chi connectivity index (χ0n) is 11.0. The predicted octanol–water partition coefficient (Wildman–Crippen LogP) is -0.0247. The van der Waals surface area contributed by atoms with Crippen LogP contribution in [0.1, 0.15) is 19.8 Å². The van der Waals surface area contributed by atoms with E-state index in [9.17, 15) is 13.2 Å². The maximum absolute atomic E-state index is 12.2. The van der Waals surface area contributed by atoms with Gasteiger partial charge < -0.3 is 4.90 Å². The Kier molecular flexibility index (Phi) is 4.27. The summed E-state index contributed by atoms with van der Waals surface area (Å²) in [7, 11) is -2.96. The molecule has 104 valence electrons. The third kappa shape index (κ3) is 3.23. The van der Waals surface area contributed by atoms with Crippen molar-refractivity contribution in [1.29, 1.82) is 0 Å². The molecule has 1 unspecified atom stereocenters. The first kappa shape index (κ1) is 13.8. The van der Waals surface area contributed by atoms with Crippen molar-refractivity contribution in [3.05, 3.63) is 0 Å². The van der Waals surface area contributed by atoms with Crippen molar-refractivity contribution in [2.45, 2.75) is 19.8 Å². The van der Waals surface area contributed by atoms with E-state index >= 15 is 0 Å². The Morgan fingerprint density at radius 2 is 1.89 bits per heavy atom. The van der Waals surface area contributed by atoms with Crippen molar-refractivity contribution < 1.29 is 13.2 Å². The fraction of sp³-hybridized carbons (Fsp3) is 0.917. The van der Waals surface area contributed by atoms with Gasteiger partial charge in [-0.3, -0.25) is 9.69 Å². The second-order valence-corrected chi connectivity index (χ2v) is 7.50. The zero-order valence-corrected chi connectivity index (χ0v) is 11.8. The predicted molar refractivity (Wildman–Crippen MR) is 70.1 cm³/mol. The summed E-state index contributed by atoms with van der Waals surface area (Å²) < 4.78 is 22.8. The molecule has 1 amide bonds. The van der Waals surface area contributed by atoms with Crippen LogP contribution in [0.15, 0.2) is 0 Å². The van der Waals surface area contributed by atoms with E-state index in [2.05, 4.69) is 11.8 Å². The van der Waals surface area contributed by atoms with Crippen molar-refractivity contribution >= 4 is 15.7 Å². The van der Waals surface area contributed by atoms with Crippen LogP contribution in [0.25, 0.3) is 0 Å². The van der Waals surface area contributed by atoms with Gasteiger partial charge in [-0.1, -0.05) is 6.92 Å². The Labute approximate surface area is 109 Å². The normalized spacial score (nSPS) is 28.5. The van der Waals surface area contributed by atoms with E-state index < -0.39 is 9.84 Å². The second-order valence-electron chi connectivity index (χ2n) is 5.27. The molecule has 6 heteroatoms. The Morgan fingerprint density at radius 1 is 1.22 bits per heavy atom. The second kappa shape index (κ2) is 5.57. The molecular weight excluding hydrogens is 252 g/mol. The minimum atomic E-state index is -2.96. The lowest BCUT2D eigenvalue weighted by Gasteiger charge is -2.35. The molecule has 0 radical (unpaired) electrons. The van der Waals surface area contributed by atoms with Gasteiger partial charge in [-0.2, -0.15) is 0 Å². The summed E-state index contributed by atoms with van der Waals surface area (Å²) in [6, 6.07) is 0. The van der Waals surface area contributed by atoms with Gasteiger partial charge in [-0.15, -0.1) is 0 Å². The number of hydrogen-bond donors (Lipinski definition) is 0. The van der Waals surface area contributed by atoms with Gasteiger partial charge in [0, 0.05) is 26.2 Å². The maximum Gasteiger partial charge on any atom is 0.226 e. The van der Waals surface area contributed by atoms with Crippen LogP contribution in [0.4, 0.5) is 0 Å². The molecule has 18 heavy (non-hydrogen) atoms. The summed E-state index contributed by atoms with van der Waals surface area (Å²) in [5.74, 6) is 0.000165. The first-order chi connectivity index (χ1) is 8.52. The zero-order chi connectivity index (χ0) is 13.2. The number of hydrogen-bond acceptors (Lipinski definition) is 4. The average molecular weight is 274 g/mol. The van der Waals surface area contributed by atoms with Gasteiger partial charge >= 0.3 is 0 Å². The molecule has 0 aliphatic carbocycles. The van der Waals surface area contributed by atoms with Gasteiger partial charge in [0.15, 0.2) is 9.84 Å². The van der Waals surface area contributed by atoms with Crippen LogP contribution in [0.5, 0.6) is 0 Å². The SMILES string of the molecule is CCCN1CCN(C(=O)C2CCS(=O)(=O)C2)CC1. The highest BCUT2D eigenvalue weighted by molar-refractivity contribution is 7.91. The number of sulfone groups is 1. The molecule has 2 fully saturated rings. The van der Waals surface area contributed by atoms with Gasteiger partial charge in [-0.05, 0) is 19.4 Å². The summed E-state index contributed by atoms with van der Waals surface area (Å²) in [4.78, 5) is 16.4. The first-order valence-electron chi connectivity index (χ1n) is 6.73. The van der Waals surface area contributed by atoms with E-state index in [1.165, 1.54) is 0 Å². The molecule has 2 aliphatic rings. The van der Waals surface area contributed by atoms with Crippen molar-refractivity contribution in [2.24, 2.45) is 5.92 Å². The van der Waals surface area contributed by atoms with Crippen LogP contribution < -0.4 is 0 Å². The van der Waals surface area contributed by atoms with Crippen LogP contribution in [-0.2, 0) is 14.6 Å². The van der Waals surface area contributed by atoms with Gasteiger partial charge in [0.05, 0.1) is 17.4 Å². The van der Waals surface area contributed by atoms with E-state index in [0.717, 1.165) is 39.1 Å². The third-order valence-electron chi connectivity index (χ3n) is 3.81. The summed E-state index contributed by atoms with van der Waals surface area (Å²) in [5, 5.41) is 0. The summed E-state index contributed by atoms with van der Waals surface area (Å²) in [6.07, 6.45) is 1.64. The lowest BCUT2D eigenvalue weighted by molar-refractivity contribution is -0.136. The van der Waals surface area contributed by atoms with Crippen LogP contribution in [-0.4, -0.2) is 68.4 Å². The van der Waals surface area contributed by atoms with Gasteiger partial charge in [-0.25, -0.2) is 8.42 Å².